The van der Waals surface area contributed by atoms with E-state index in [1.807, 2.05) is 13.8 Å². The molecule has 19 heavy (non-hydrogen) atoms. The molecule has 0 aromatic heterocycles. The highest BCUT2D eigenvalue weighted by molar-refractivity contribution is 5.51. The number of aliphatic hydroxyl groups excluding tert-OH is 1. The molecule has 6 heteroatoms. The van der Waals surface area contributed by atoms with Gasteiger partial charge in [-0.05, 0) is 25.0 Å². The highest BCUT2D eigenvalue weighted by atomic mass is 19.1. The second kappa shape index (κ2) is 6.47. The normalized spacial score (nSPS) is 11.4. The minimum atomic E-state index is -0.852. The van der Waals surface area contributed by atoms with Gasteiger partial charge in [0, 0.05) is 23.7 Å². The lowest BCUT2D eigenvalue weighted by Gasteiger charge is -2.30. The molecule has 2 N–H and O–H groups in total. The first-order chi connectivity index (χ1) is 8.98. The standard InChI is InChI=1S/C13H19FN2O3/c1-3-13(4-2,9-17)8-15-10-5-6-11(14)12(7-10)16(18)19/h5-7,15,17H,3-4,8-9H2,1-2H3. The van der Waals surface area contributed by atoms with Crippen molar-refractivity contribution in [1.82, 2.24) is 0 Å². The van der Waals surface area contributed by atoms with Gasteiger partial charge >= 0.3 is 5.69 Å². The van der Waals surface area contributed by atoms with Crippen LogP contribution in [-0.2, 0) is 0 Å². The maximum absolute atomic E-state index is 13.2. The molecule has 0 atom stereocenters. The lowest BCUT2D eigenvalue weighted by Crippen LogP contribution is -2.32. The van der Waals surface area contributed by atoms with Crippen LogP contribution in [-0.4, -0.2) is 23.2 Å². The Balaban J connectivity index is 2.83. The Morgan fingerprint density at radius 3 is 2.53 bits per heavy atom. The smallest absolute Gasteiger partial charge is 0.306 e. The highest BCUT2D eigenvalue weighted by Crippen LogP contribution is 2.27. The summed E-state index contributed by atoms with van der Waals surface area (Å²) in [7, 11) is 0. The van der Waals surface area contributed by atoms with Crippen LogP contribution >= 0.6 is 0 Å². The van der Waals surface area contributed by atoms with Crippen LogP contribution in [0.15, 0.2) is 18.2 Å². The molecule has 106 valence electrons. The van der Waals surface area contributed by atoms with Crippen LogP contribution in [0, 0.1) is 21.3 Å². The lowest BCUT2D eigenvalue weighted by molar-refractivity contribution is -0.387. The maximum Gasteiger partial charge on any atom is 0.306 e. The van der Waals surface area contributed by atoms with E-state index in [2.05, 4.69) is 5.32 Å². The molecule has 0 saturated carbocycles. The number of hydrogen-bond acceptors (Lipinski definition) is 4. The van der Waals surface area contributed by atoms with Crippen molar-refractivity contribution in [3.8, 4) is 0 Å². The molecule has 0 saturated heterocycles. The Labute approximate surface area is 111 Å². The molecule has 0 aliphatic carbocycles. The predicted octanol–water partition coefficient (Wildman–Crippen LogP) is 2.94. The molecule has 0 bridgehead atoms. The van der Waals surface area contributed by atoms with Crippen molar-refractivity contribution in [2.75, 3.05) is 18.5 Å². The maximum atomic E-state index is 13.2. The summed E-state index contributed by atoms with van der Waals surface area (Å²) in [5, 5.41) is 23.1. The number of aliphatic hydroxyl groups is 1. The summed E-state index contributed by atoms with van der Waals surface area (Å²) in [5.41, 5.74) is -0.330. The number of nitro benzene ring substituents is 1. The van der Waals surface area contributed by atoms with E-state index in [-0.39, 0.29) is 12.0 Å². The van der Waals surface area contributed by atoms with Gasteiger partial charge in [-0.3, -0.25) is 10.1 Å². The zero-order valence-electron chi connectivity index (χ0n) is 11.1. The number of nitrogens with one attached hydrogen (secondary N) is 1. The average molecular weight is 270 g/mol. The quantitative estimate of drug-likeness (QED) is 0.590. The van der Waals surface area contributed by atoms with E-state index in [0.717, 1.165) is 18.9 Å². The second-order valence-electron chi connectivity index (χ2n) is 4.64. The molecule has 1 rings (SSSR count). The van der Waals surface area contributed by atoms with Crippen molar-refractivity contribution in [1.29, 1.82) is 0 Å². The number of rotatable bonds is 7. The molecule has 0 spiro atoms. The van der Waals surface area contributed by atoms with Crippen LogP contribution in [0.25, 0.3) is 0 Å². The molecule has 0 fully saturated rings. The number of benzene rings is 1. The molecule has 0 aliphatic rings. The van der Waals surface area contributed by atoms with Crippen LogP contribution in [0.4, 0.5) is 15.8 Å². The molecule has 5 nitrogen and oxygen atoms in total. The van der Waals surface area contributed by atoms with Crippen molar-refractivity contribution in [2.24, 2.45) is 5.41 Å². The third-order valence-electron chi connectivity index (χ3n) is 3.65. The minimum Gasteiger partial charge on any atom is -0.396 e. The van der Waals surface area contributed by atoms with Crippen molar-refractivity contribution in [2.45, 2.75) is 26.7 Å². The topological polar surface area (TPSA) is 75.4 Å². The highest BCUT2D eigenvalue weighted by Gasteiger charge is 2.25. The van der Waals surface area contributed by atoms with E-state index in [4.69, 9.17) is 0 Å². The van der Waals surface area contributed by atoms with E-state index in [9.17, 15) is 19.6 Å². The SMILES string of the molecule is CCC(CC)(CO)CNc1ccc(F)c([N+](=O)[O-])c1. The van der Waals surface area contributed by atoms with E-state index >= 15 is 0 Å². The first kappa shape index (κ1) is 15.4. The third-order valence-corrected chi connectivity index (χ3v) is 3.65. The summed E-state index contributed by atoms with van der Waals surface area (Å²) in [6.07, 6.45) is 1.58. The van der Waals surface area contributed by atoms with Gasteiger partial charge in [0.2, 0.25) is 5.82 Å². The average Bonchev–Trinajstić information content (AvgIpc) is 2.42. The zero-order chi connectivity index (χ0) is 14.5. The fourth-order valence-electron chi connectivity index (χ4n) is 1.83. The summed E-state index contributed by atoms with van der Waals surface area (Å²) < 4.78 is 13.2. The summed E-state index contributed by atoms with van der Waals surface area (Å²) in [5.74, 6) is -0.852. The van der Waals surface area contributed by atoms with E-state index in [0.29, 0.717) is 12.2 Å². The lowest BCUT2D eigenvalue weighted by atomic mass is 9.83. The van der Waals surface area contributed by atoms with Crippen LogP contribution in [0.3, 0.4) is 0 Å². The fourth-order valence-corrected chi connectivity index (χ4v) is 1.83. The monoisotopic (exact) mass is 270 g/mol. The van der Waals surface area contributed by atoms with Gasteiger partial charge in [-0.1, -0.05) is 13.8 Å². The van der Waals surface area contributed by atoms with Crippen LogP contribution < -0.4 is 5.32 Å². The Morgan fingerprint density at radius 1 is 1.42 bits per heavy atom. The number of anilines is 1. The van der Waals surface area contributed by atoms with Gasteiger partial charge in [-0.25, -0.2) is 0 Å². The summed E-state index contributed by atoms with van der Waals surface area (Å²) in [6.45, 7) is 4.48. The summed E-state index contributed by atoms with van der Waals surface area (Å²) in [6, 6.07) is 3.69. The number of halogens is 1. The van der Waals surface area contributed by atoms with Gasteiger partial charge in [0.1, 0.15) is 0 Å². The van der Waals surface area contributed by atoms with Crippen molar-refractivity contribution < 1.29 is 14.4 Å². The van der Waals surface area contributed by atoms with E-state index in [1.165, 1.54) is 12.1 Å². The molecule has 0 unspecified atom stereocenters. The molecule has 0 radical (unpaired) electrons. The van der Waals surface area contributed by atoms with Gasteiger partial charge in [-0.15, -0.1) is 0 Å². The Morgan fingerprint density at radius 2 is 2.05 bits per heavy atom. The van der Waals surface area contributed by atoms with Crippen LogP contribution in [0.2, 0.25) is 0 Å². The molecule has 0 amide bonds. The summed E-state index contributed by atoms with van der Waals surface area (Å²) in [4.78, 5) is 9.89. The van der Waals surface area contributed by atoms with Gasteiger partial charge < -0.3 is 10.4 Å². The fraction of sp³-hybridized carbons (Fsp3) is 0.538. The Bertz CT molecular complexity index is 439. The molecule has 1 aromatic carbocycles. The van der Waals surface area contributed by atoms with Gasteiger partial charge in [0.05, 0.1) is 11.5 Å². The summed E-state index contributed by atoms with van der Waals surface area (Å²) >= 11 is 0. The molecular weight excluding hydrogens is 251 g/mol. The van der Waals surface area contributed by atoms with E-state index in [1.54, 1.807) is 0 Å². The number of hydrogen-bond donors (Lipinski definition) is 2. The third kappa shape index (κ3) is 3.64. The van der Waals surface area contributed by atoms with E-state index < -0.39 is 16.4 Å². The minimum absolute atomic E-state index is 0.0380. The number of nitrogens with zero attached hydrogens (tertiary/aromatic N) is 1. The molecule has 0 aliphatic heterocycles. The largest absolute Gasteiger partial charge is 0.396 e. The molecular formula is C13H19FN2O3. The predicted molar refractivity (Wildman–Crippen MR) is 71.6 cm³/mol. The first-order valence-corrected chi connectivity index (χ1v) is 6.26. The van der Waals surface area contributed by atoms with Crippen LogP contribution in [0.5, 0.6) is 0 Å². The van der Waals surface area contributed by atoms with Gasteiger partial charge in [-0.2, -0.15) is 4.39 Å². The van der Waals surface area contributed by atoms with Crippen molar-refractivity contribution in [3.63, 3.8) is 0 Å². The zero-order valence-corrected chi connectivity index (χ0v) is 11.1. The second-order valence-corrected chi connectivity index (χ2v) is 4.64. The Kier molecular flexibility index (Phi) is 5.23. The van der Waals surface area contributed by atoms with Gasteiger partial charge in [0.15, 0.2) is 0 Å². The van der Waals surface area contributed by atoms with Crippen molar-refractivity contribution in [3.05, 3.63) is 34.1 Å². The first-order valence-electron chi connectivity index (χ1n) is 6.26. The van der Waals surface area contributed by atoms with Crippen LogP contribution in [0.1, 0.15) is 26.7 Å². The van der Waals surface area contributed by atoms with Crippen molar-refractivity contribution >= 4 is 11.4 Å². The molecule has 0 heterocycles. The van der Waals surface area contributed by atoms with Gasteiger partial charge in [0.25, 0.3) is 0 Å². The number of nitro groups is 1. The Hall–Kier alpha value is -1.69. The molecule has 1 aromatic rings.